The summed E-state index contributed by atoms with van der Waals surface area (Å²) in [6.45, 7) is 0. The number of H-pyrrole nitrogens is 1. The van der Waals surface area contributed by atoms with Gasteiger partial charge >= 0.3 is 0 Å². The van der Waals surface area contributed by atoms with Crippen LogP contribution in [0.5, 0.6) is 0 Å². The normalized spacial score (nSPS) is 10.6. The molecule has 3 N–H and O–H groups in total. The number of fused-ring (bicyclic) bond motifs is 1. The minimum atomic E-state index is -0.433. The smallest absolute Gasteiger partial charge is 0.286 e. The summed E-state index contributed by atoms with van der Waals surface area (Å²) >= 11 is 0. The summed E-state index contributed by atoms with van der Waals surface area (Å²) in [6, 6.07) is 15.9. The first kappa shape index (κ1) is 15.5. The van der Waals surface area contributed by atoms with Crippen molar-refractivity contribution < 1.29 is 9.59 Å². The highest BCUT2D eigenvalue weighted by atomic mass is 16.2. The zero-order valence-electron chi connectivity index (χ0n) is 13.4. The third-order valence-corrected chi connectivity index (χ3v) is 3.81. The molecule has 128 valence electrons. The quantitative estimate of drug-likeness (QED) is 0.482. The van der Waals surface area contributed by atoms with Crippen molar-refractivity contribution in [3.8, 4) is 5.69 Å². The molecule has 0 aliphatic heterocycles. The highest BCUT2D eigenvalue weighted by molar-refractivity contribution is 6.00. The maximum absolute atomic E-state index is 12.2. The van der Waals surface area contributed by atoms with E-state index in [1.165, 1.54) is 11.0 Å². The number of amides is 2. The molecule has 0 radical (unpaired) electrons. The van der Waals surface area contributed by atoms with E-state index in [4.69, 9.17) is 0 Å². The molecule has 2 aromatic carbocycles. The molecule has 9 nitrogen and oxygen atoms in total. The minimum Gasteiger partial charge on any atom is -0.350 e. The molecule has 0 saturated heterocycles. The first-order valence-corrected chi connectivity index (χ1v) is 7.72. The second-order valence-corrected chi connectivity index (χ2v) is 5.48. The Hall–Kier alpha value is -4.01. The van der Waals surface area contributed by atoms with Crippen molar-refractivity contribution in [2.75, 3.05) is 0 Å². The monoisotopic (exact) mass is 347 g/mol. The fourth-order valence-electron chi connectivity index (χ4n) is 2.49. The number of para-hydroxylation sites is 1. The second-order valence-electron chi connectivity index (χ2n) is 5.48. The Balaban J connectivity index is 1.40. The van der Waals surface area contributed by atoms with Crippen LogP contribution in [-0.4, -0.2) is 37.0 Å². The predicted molar refractivity (Wildman–Crippen MR) is 92.4 cm³/mol. The number of benzene rings is 2. The van der Waals surface area contributed by atoms with Gasteiger partial charge in [0.25, 0.3) is 11.8 Å². The highest BCUT2D eigenvalue weighted by Gasteiger charge is 2.11. The van der Waals surface area contributed by atoms with Crippen molar-refractivity contribution in [1.29, 1.82) is 0 Å². The van der Waals surface area contributed by atoms with Gasteiger partial charge in [-0.3, -0.25) is 20.4 Å². The number of rotatable bonds is 3. The van der Waals surface area contributed by atoms with E-state index in [1.807, 2.05) is 24.3 Å². The van der Waals surface area contributed by atoms with Crippen LogP contribution in [0.1, 0.15) is 20.8 Å². The fourth-order valence-corrected chi connectivity index (χ4v) is 2.49. The van der Waals surface area contributed by atoms with Crippen molar-refractivity contribution in [2.24, 2.45) is 0 Å². The van der Waals surface area contributed by atoms with Crippen LogP contribution in [0.3, 0.4) is 0 Å². The first-order chi connectivity index (χ1) is 12.7. The van der Waals surface area contributed by atoms with Gasteiger partial charge in [-0.15, -0.1) is 5.10 Å². The van der Waals surface area contributed by atoms with Crippen LogP contribution in [0.4, 0.5) is 0 Å². The van der Waals surface area contributed by atoms with Gasteiger partial charge in [-0.05, 0) is 46.8 Å². The van der Waals surface area contributed by atoms with Gasteiger partial charge in [0.2, 0.25) is 0 Å². The Morgan fingerprint density at radius 1 is 0.962 bits per heavy atom. The average molecular weight is 347 g/mol. The summed E-state index contributed by atoms with van der Waals surface area (Å²) in [5.41, 5.74) is 7.10. The minimum absolute atomic E-state index is 0.362. The van der Waals surface area contributed by atoms with Crippen LogP contribution in [0.2, 0.25) is 0 Å². The molecule has 0 fully saturated rings. The molecule has 0 saturated carbocycles. The van der Waals surface area contributed by atoms with Crippen LogP contribution in [0.25, 0.3) is 16.6 Å². The molecule has 0 aliphatic rings. The Kier molecular flexibility index (Phi) is 3.86. The molecule has 0 spiro atoms. The molecular weight excluding hydrogens is 334 g/mol. The standard InChI is InChI=1S/C17H13N7O2/c25-16(11-5-7-13(8-6-11)24-10-18-22-23-24)20-21-17(26)15-9-12-3-1-2-4-14(12)19-15/h1-10,19H,(H,20,25)(H,21,26). The Labute approximate surface area is 147 Å². The topological polar surface area (TPSA) is 118 Å². The Morgan fingerprint density at radius 2 is 1.73 bits per heavy atom. The van der Waals surface area contributed by atoms with Gasteiger partial charge in [0.05, 0.1) is 5.69 Å². The van der Waals surface area contributed by atoms with E-state index in [9.17, 15) is 9.59 Å². The number of tetrazole rings is 1. The zero-order chi connectivity index (χ0) is 17.9. The number of hydrazine groups is 1. The van der Waals surface area contributed by atoms with E-state index < -0.39 is 11.8 Å². The molecule has 2 amide bonds. The molecule has 26 heavy (non-hydrogen) atoms. The maximum Gasteiger partial charge on any atom is 0.286 e. The van der Waals surface area contributed by atoms with Gasteiger partial charge < -0.3 is 4.98 Å². The van der Waals surface area contributed by atoms with E-state index in [2.05, 4.69) is 31.4 Å². The molecule has 9 heteroatoms. The molecule has 0 aliphatic carbocycles. The summed E-state index contributed by atoms with van der Waals surface area (Å²) in [5, 5.41) is 11.8. The van der Waals surface area contributed by atoms with E-state index in [0.29, 0.717) is 16.9 Å². The largest absolute Gasteiger partial charge is 0.350 e. The summed E-state index contributed by atoms with van der Waals surface area (Å²) < 4.78 is 1.47. The van der Waals surface area contributed by atoms with Crippen LogP contribution < -0.4 is 10.9 Å². The maximum atomic E-state index is 12.2. The van der Waals surface area contributed by atoms with Crippen LogP contribution in [0.15, 0.2) is 60.9 Å². The van der Waals surface area contributed by atoms with Crippen molar-refractivity contribution >= 4 is 22.7 Å². The lowest BCUT2D eigenvalue weighted by Crippen LogP contribution is -2.41. The third kappa shape index (κ3) is 3.00. The van der Waals surface area contributed by atoms with Gasteiger partial charge in [-0.1, -0.05) is 18.2 Å². The SMILES string of the molecule is O=C(NNC(=O)c1cc2ccccc2[nH]1)c1ccc(-n2cnnn2)cc1. The lowest BCUT2D eigenvalue weighted by atomic mass is 10.2. The number of hydrogen-bond acceptors (Lipinski definition) is 5. The number of carbonyl (C=O) groups is 2. The van der Waals surface area contributed by atoms with Gasteiger partial charge in [0.15, 0.2) is 0 Å². The van der Waals surface area contributed by atoms with Crippen molar-refractivity contribution in [3.63, 3.8) is 0 Å². The van der Waals surface area contributed by atoms with Crippen LogP contribution >= 0.6 is 0 Å². The predicted octanol–water partition coefficient (Wildman–Crippen LogP) is 1.22. The average Bonchev–Trinajstić information content (AvgIpc) is 3.35. The zero-order valence-corrected chi connectivity index (χ0v) is 13.4. The lowest BCUT2D eigenvalue weighted by Gasteiger charge is -2.07. The molecule has 2 aromatic heterocycles. The summed E-state index contributed by atoms with van der Waals surface area (Å²) in [6.07, 6.45) is 1.45. The summed E-state index contributed by atoms with van der Waals surface area (Å²) in [4.78, 5) is 27.3. The highest BCUT2D eigenvalue weighted by Crippen LogP contribution is 2.14. The van der Waals surface area contributed by atoms with Gasteiger partial charge in [-0.2, -0.15) is 0 Å². The lowest BCUT2D eigenvalue weighted by molar-refractivity contribution is 0.0844. The first-order valence-electron chi connectivity index (χ1n) is 7.72. The number of carbonyl (C=O) groups excluding carboxylic acids is 2. The van der Waals surface area contributed by atoms with E-state index >= 15 is 0 Å². The third-order valence-electron chi connectivity index (χ3n) is 3.81. The van der Waals surface area contributed by atoms with E-state index in [1.54, 1.807) is 30.3 Å². The summed E-state index contributed by atoms with van der Waals surface area (Å²) in [7, 11) is 0. The molecule has 4 aromatic rings. The van der Waals surface area contributed by atoms with Crippen LogP contribution in [-0.2, 0) is 0 Å². The molecule has 2 heterocycles. The molecule has 0 unspecified atom stereocenters. The van der Waals surface area contributed by atoms with Gasteiger partial charge in [0.1, 0.15) is 12.0 Å². The number of aromatic amines is 1. The van der Waals surface area contributed by atoms with Crippen molar-refractivity contribution in [3.05, 3.63) is 72.2 Å². The molecule has 0 bridgehead atoms. The van der Waals surface area contributed by atoms with E-state index in [0.717, 1.165) is 10.9 Å². The Morgan fingerprint density at radius 3 is 2.46 bits per heavy atom. The molecular formula is C17H13N7O2. The van der Waals surface area contributed by atoms with E-state index in [-0.39, 0.29) is 0 Å². The molecule has 0 atom stereocenters. The summed E-state index contributed by atoms with van der Waals surface area (Å²) in [5.74, 6) is -0.863. The Bertz CT molecular complexity index is 1040. The van der Waals surface area contributed by atoms with Crippen LogP contribution in [0, 0.1) is 0 Å². The second kappa shape index (κ2) is 6.48. The molecule has 4 rings (SSSR count). The van der Waals surface area contributed by atoms with Crippen molar-refractivity contribution in [1.82, 2.24) is 36.0 Å². The van der Waals surface area contributed by atoms with Crippen molar-refractivity contribution in [2.45, 2.75) is 0 Å². The van der Waals surface area contributed by atoms with Gasteiger partial charge in [0, 0.05) is 16.5 Å². The number of nitrogens with one attached hydrogen (secondary N) is 3. The number of nitrogens with zero attached hydrogens (tertiary/aromatic N) is 4. The van der Waals surface area contributed by atoms with Gasteiger partial charge in [-0.25, -0.2) is 4.68 Å². The number of hydrogen-bond donors (Lipinski definition) is 3. The fraction of sp³-hybridized carbons (Fsp3) is 0. The number of aromatic nitrogens is 5.